The number of hydrogen-bond acceptors (Lipinski definition) is 6. The van der Waals surface area contributed by atoms with E-state index in [1.165, 1.54) is 0 Å². The highest BCUT2D eigenvalue weighted by Crippen LogP contribution is 2.31. The van der Waals surface area contributed by atoms with Gasteiger partial charge in [0.1, 0.15) is 11.4 Å². The Labute approximate surface area is 145 Å². The summed E-state index contributed by atoms with van der Waals surface area (Å²) in [6.45, 7) is 1.70. The highest BCUT2D eigenvalue weighted by molar-refractivity contribution is 5.92. The predicted octanol–water partition coefficient (Wildman–Crippen LogP) is 3.01. The van der Waals surface area contributed by atoms with Gasteiger partial charge >= 0.3 is 0 Å². The molecule has 0 unspecified atom stereocenters. The number of nitrogens with zero attached hydrogens (tertiary/aromatic N) is 1. The van der Waals surface area contributed by atoms with Crippen molar-refractivity contribution in [2.24, 2.45) is 16.6 Å². The zero-order valence-corrected chi connectivity index (χ0v) is 13.7. The third kappa shape index (κ3) is 3.70. The number of benzene rings is 2. The minimum absolute atomic E-state index is 0.131. The molecule has 0 bridgehead atoms. The molecular formula is C19H20N4O2. The number of allylic oxidation sites excluding steroid dienone is 3. The lowest BCUT2D eigenvalue weighted by Crippen LogP contribution is -2.22. The van der Waals surface area contributed by atoms with E-state index >= 15 is 0 Å². The zero-order chi connectivity index (χ0) is 17.8. The van der Waals surface area contributed by atoms with Gasteiger partial charge in [0.05, 0.1) is 0 Å². The first-order chi connectivity index (χ1) is 12.1. The number of aromatic hydroxyl groups is 1. The lowest BCUT2D eigenvalue weighted by molar-refractivity contribution is 0.476. The zero-order valence-electron chi connectivity index (χ0n) is 13.7. The van der Waals surface area contributed by atoms with Gasteiger partial charge in [-0.1, -0.05) is 12.1 Å². The first kappa shape index (κ1) is 16.7. The number of rotatable bonds is 4. The van der Waals surface area contributed by atoms with Crippen LogP contribution in [-0.4, -0.2) is 18.2 Å². The summed E-state index contributed by atoms with van der Waals surface area (Å²) in [6, 6.07) is 8.32. The van der Waals surface area contributed by atoms with Crippen molar-refractivity contribution in [3.8, 4) is 5.75 Å². The van der Waals surface area contributed by atoms with E-state index in [-0.39, 0.29) is 11.4 Å². The van der Waals surface area contributed by atoms with Crippen molar-refractivity contribution in [3.05, 3.63) is 70.3 Å². The largest absolute Gasteiger partial charge is 0.508 e. The van der Waals surface area contributed by atoms with Gasteiger partial charge in [0.2, 0.25) is 0 Å². The van der Waals surface area contributed by atoms with Crippen LogP contribution in [-0.2, 0) is 0 Å². The molecule has 0 atom stereocenters. The Kier molecular flexibility index (Phi) is 4.81. The smallest absolute Gasteiger partial charge is 0.117 e. The van der Waals surface area contributed by atoms with Crippen molar-refractivity contribution < 1.29 is 5.11 Å². The van der Waals surface area contributed by atoms with Crippen molar-refractivity contribution in [1.82, 2.24) is 5.32 Å². The summed E-state index contributed by atoms with van der Waals surface area (Å²) < 4.78 is 0. The summed E-state index contributed by atoms with van der Waals surface area (Å²) in [5.41, 5.74) is 15.2. The van der Waals surface area contributed by atoms with Crippen molar-refractivity contribution in [3.63, 3.8) is 0 Å². The molecule has 0 aromatic heterocycles. The Bertz CT molecular complexity index is 913. The highest BCUT2D eigenvalue weighted by Gasteiger charge is 2.09. The molecule has 0 fully saturated rings. The number of nitrogens with one attached hydrogen (secondary N) is 1. The van der Waals surface area contributed by atoms with Crippen LogP contribution in [0.2, 0.25) is 0 Å². The number of fused-ring (bicyclic) bond motifs is 1. The summed E-state index contributed by atoms with van der Waals surface area (Å²) in [6.07, 6.45) is 6.37. The van der Waals surface area contributed by atoms with E-state index in [0.29, 0.717) is 17.0 Å². The molecule has 6 nitrogen and oxygen atoms in total. The Hall–Kier alpha value is -3.12. The van der Waals surface area contributed by atoms with Gasteiger partial charge in [-0.15, -0.1) is 4.91 Å². The lowest BCUT2D eigenvalue weighted by Gasteiger charge is -2.13. The molecule has 0 aliphatic carbocycles. The van der Waals surface area contributed by atoms with Gasteiger partial charge in [0.15, 0.2) is 0 Å². The highest BCUT2D eigenvalue weighted by atomic mass is 16.3. The first-order valence-electron chi connectivity index (χ1n) is 8.02. The number of phenolic OH excluding ortho intramolecular Hbond substituents is 1. The SMILES string of the molecule is N/C(=C\C=C(/N)c1cc2ccc(O)cc2cc1N=O)C1=CCNCC1. The maximum absolute atomic E-state index is 11.2. The maximum atomic E-state index is 11.2. The molecule has 25 heavy (non-hydrogen) atoms. The van der Waals surface area contributed by atoms with Crippen LogP contribution in [0.5, 0.6) is 5.75 Å². The Morgan fingerprint density at radius 2 is 1.92 bits per heavy atom. The number of nitroso groups, excluding NO2 is 1. The molecule has 0 saturated carbocycles. The van der Waals surface area contributed by atoms with Crippen molar-refractivity contribution in [2.75, 3.05) is 13.1 Å². The van der Waals surface area contributed by atoms with Gasteiger partial charge < -0.3 is 21.9 Å². The van der Waals surface area contributed by atoms with E-state index < -0.39 is 0 Å². The van der Waals surface area contributed by atoms with E-state index in [4.69, 9.17) is 11.5 Å². The topological polar surface area (TPSA) is 114 Å². The van der Waals surface area contributed by atoms with E-state index in [0.717, 1.165) is 35.9 Å². The van der Waals surface area contributed by atoms with Crippen LogP contribution in [0.15, 0.2) is 65.0 Å². The summed E-state index contributed by atoms with van der Waals surface area (Å²) >= 11 is 0. The molecular weight excluding hydrogens is 316 g/mol. The number of phenols is 1. The van der Waals surface area contributed by atoms with Crippen LogP contribution < -0.4 is 16.8 Å². The normalized spacial score (nSPS) is 15.9. The van der Waals surface area contributed by atoms with Crippen LogP contribution >= 0.6 is 0 Å². The lowest BCUT2D eigenvalue weighted by atomic mass is 10.0. The molecule has 6 heteroatoms. The van der Waals surface area contributed by atoms with Crippen LogP contribution in [0.1, 0.15) is 12.0 Å². The minimum Gasteiger partial charge on any atom is -0.508 e. The van der Waals surface area contributed by atoms with Crippen LogP contribution in [0.25, 0.3) is 16.5 Å². The second-order valence-electron chi connectivity index (χ2n) is 5.92. The average molecular weight is 336 g/mol. The fraction of sp³-hybridized carbons (Fsp3) is 0.158. The van der Waals surface area contributed by atoms with Crippen molar-refractivity contribution in [1.29, 1.82) is 0 Å². The van der Waals surface area contributed by atoms with Crippen molar-refractivity contribution >= 4 is 22.2 Å². The third-order valence-electron chi connectivity index (χ3n) is 4.22. The van der Waals surface area contributed by atoms with Crippen LogP contribution in [0, 0.1) is 4.91 Å². The molecule has 0 radical (unpaired) electrons. The average Bonchev–Trinajstić information content (AvgIpc) is 2.65. The van der Waals surface area contributed by atoms with E-state index in [9.17, 15) is 10.0 Å². The summed E-state index contributed by atoms with van der Waals surface area (Å²) in [5.74, 6) is 0.131. The molecule has 2 aromatic carbocycles. The molecule has 128 valence electrons. The molecule has 1 aliphatic rings. The van der Waals surface area contributed by atoms with E-state index in [2.05, 4.69) is 16.6 Å². The Balaban J connectivity index is 1.97. The quantitative estimate of drug-likeness (QED) is 0.506. The maximum Gasteiger partial charge on any atom is 0.117 e. The van der Waals surface area contributed by atoms with Crippen LogP contribution in [0.4, 0.5) is 5.69 Å². The van der Waals surface area contributed by atoms with E-state index in [1.807, 2.05) is 0 Å². The molecule has 2 aromatic rings. The molecule has 1 aliphatic heterocycles. The van der Waals surface area contributed by atoms with Gasteiger partial charge in [-0.3, -0.25) is 0 Å². The fourth-order valence-electron chi connectivity index (χ4n) is 2.84. The molecule has 6 N–H and O–H groups in total. The van der Waals surface area contributed by atoms with Crippen LogP contribution in [0.3, 0.4) is 0 Å². The third-order valence-corrected chi connectivity index (χ3v) is 4.22. The Morgan fingerprint density at radius 1 is 1.12 bits per heavy atom. The second-order valence-corrected chi connectivity index (χ2v) is 5.92. The second kappa shape index (κ2) is 7.19. The van der Waals surface area contributed by atoms with Gasteiger partial charge in [0.25, 0.3) is 0 Å². The summed E-state index contributed by atoms with van der Waals surface area (Å²) in [7, 11) is 0. The van der Waals surface area contributed by atoms with Gasteiger partial charge in [-0.05, 0) is 70.9 Å². The molecule has 0 amide bonds. The number of nitrogens with two attached hydrogens (primary N) is 2. The molecule has 0 saturated heterocycles. The molecule has 1 heterocycles. The van der Waals surface area contributed by atoms with Gasteiger partial charge in [-0.2, -0.15) is 0 Å². The predicted molar refractivity (Wildman–Crippen MR) is 101 cm³/mol. The van der Waals surface area contributed by atoms with Gasteiger partial charge in [0, 0.05) is 23.5 Å². The number of hydrogen-bond donors (Lipinski definition) is 4. The van der Waals surface area contributed by atoms with Gasteiger partial charge in [-0.25, -0.2) is 0 Å². The monoisotopic (exact) mass is 336 g/mol. The summed E-state index contributed by atoms with van der Waals surface area (Å²) in [4.78, 5) is 11.2. The first-order valence-corrected chi connectivity index (χ1v) is 8.02. The standard InChI is InChI=1S/C19H20N4O2/c20-17(12-5-7-22-8-6-12)3-4-18(21)16-10-13-1-2-15(24)9-14(13)11-19(16)23-25/h1-5,9-11,22,24H,6-8,20-21H2/b17-3-,18-4-. The molecule has 0 spiro atoms. The Morgan fingerprint density at radius 3 is 2.64 bits per heavy atom. The fourth-order valence-corrected chi connectivity index (χ4v) is 2.84. The minimum atomic E-state index is 0.131. The van der Waals surface area contributed by atoms with E-state index in [1.54, 1.807) is 42.5 Å². The summed E-state index contributed by atoms with van der Waals surface area (Å²) in [5, 5.41) is 17.4. The molecule has 3 rings (SSSR count). The van der Waals surface area contributed by atoms with Crippen molar-refractivity contribution in [2.45, 2.75) is 6.42 Å².